The highest BCUT2D eigenvalue weighted by Gasteiger charge is 2.34. The van der Waals surface area contributed by atoms with E-state index in [-0.39, 0.29) is 24.3 Å². The lowest BCUT2D eigenvalue weighted by atomic mass is 10.1. The van der Waals surface area contributed by atoms with Crippen molar-refractivity contribution in [2.75, 3.05) is 19.8 Å². The fourth-order valence-corrected chi connectivity index (χ4v) is 4.41. The van der Waals surface area contributed by atoms with Gasteiger partial charge in [0, 0.05) is 0 Å². The lowest BCUT2D eigenvalue weighted by molar-refractivity contribution is -0.123. The van der Waals surface area contributed by atoms with E-state index in [0.717, 1.165) is 28.5 Å². The second kappa shape index (κ2) is 11.6. The molecule has 0 aliphatic carbocycles. The van der Waals surface area contributed by atoms with Crippen molar-refractivity contribution in [3.8, 4) is 17.2 Å². The number of thioether (sulfide) groups is 1. The van der Waals surface area contributed by atoms with Gasteiger partial charge in [-0.15, -0.1) is 0 Å². The van der Waals surface area contributed by atoms with E-state index in [1.165, 1.54) is 4.90 Å². The van der Waals surface area contributed by atoms with E-state index < -0.39 is 0 Å². The van der Waals surface area contributed by atoms with Gasteiger partial charge in [0.15, 0.2) is 11.5 Å². The first-order valence-electron chi connectivity index (χ1n) is 11.4. The molecule has 1 aliphatic rings. The number of aryl methyl sites for hydroxylation is 1. The maximum atomic E-state index is 12.9. The number of carbonyl (C=O) groups is 2. The molecule has 180 valence electrons. The van der Waals surface area contributed by atoms with Gasteiger partial charge in [0.2, 0.25) is 0 Å². The van der Waals surface area contributed by atoms with Crippen LogP contribution in [0.1, 0.15) is 23.6 Å². The van der Waals surface area contributed by atoms with E-state index in [4.69, 9.17) is 14.2 Å². The highest BCUT2D eigenvalue weighted by atomic mass is 32.2. The number of hydrogen-bond acceptors (Lipinski definition) is 6. The maximum Gasteiger partial charge on any atom is 0.293 e. The number of benzene rings is 3. The molecule has 3 aromatic carbocycles. The van der Waals surface area contributed by atoms with Gasteiger partial charge < -0.3 is 14.2 Å². The minimum atomic E-state index is -0.324. The molecule has 0 saturated carbocycles. The van der Waals surface area contributed by atoms with Crippen molar-refractivity contribution >= 4 is 29.0 Å². The summed E-state index contributed by atoms with van der Waals surface area (Å²) in [6, 6.07) is 23.0. The molecule has 0 unspecified atom stereocenters. The van der Waals surface area contributed by atoms with Crippen molar-refractivity contribution in [1.29, 1.82) is 0 Å². The van der Waals surface area contributed by atoms with Gasteiger partial charge in [-0.25, -0.2) is 0 Å². The van der Waals surface area contributed by atoms with Crippen molar-refractivity contribution in [3.05, 3.63) is 94.4 Å². The van der Waals surface area contributed by atoms with E-state index >= 15 is 0 Å². The fraction of sp³-hybridized carbons (Fsp3) is 0.214. The topological polar surface area (TPSA) is 65.1 Å². The van der Waals surface area contributed by atoms with Crippen molar-refractivity contribution in [1.82, 2.24) is 4.90 Å². The molecule has 0 atom stereocenters. The number of imide groups is 1. The van der Waals surface area contributed by atoms with Gasteiger partial charge >= 0.3 is 0 Å². The summed E-state index contributed by atoms with van der Waals surface area (Å²) in [6.07, 6.45) is 1.70. The van der Waals surface area contributed by atoms with Crippen molar-refractivity contribution in [3.63, 3.8) is 0 Å². The molecule has 1 saturated heterocycles. The van der Waals surface area contributed by atoms with Crippen LogP contribution >= 0.6 is 11.8 Å². The molecule has 0 aromatic heterocycles. The third-order valence-electron chi connectivity index (χ3n) is 5.25. The molecule has 3 aromatic rings. The second-order valence-electron chi connectivity index (χ2n) is 7.91. The Labute approximate surface area is 209 Å². The van der Waals surface area contributed by atoms with E-state index in [1.807, 2.05) is 86.6 Å². The molecule has 35 heavy (non-hydrogen) atoms. The lowest BCUT2D eigenvalue weighted by Crippen LogP contribution is -2.32. The van der Waals surface area contributed by atoms with Crippen LogP contribution in [0.5, 0.6) is 17.2 Å². The van der Waals surface area contributed by atoms with Crippen LogP contribution in [-0.4, -0.2) is 35.8 Å². The zero-order chi connectivity index (χ0) is 24.6. The molecule has 0 radical (unpaired) electrons. The molecule has 0 N–H and O–H groups in total. The molecular weight excluding hydrogens is 462 g/mol. The first kappa shape index (κ1) is 24.4. The molecule has 0 bridgehead atoms. The van der Waals surface area contributed by atoms with Crippen LogP contribution in [0.25, 0.3) is 6.08 Å². The highest BCUT2D eigenvalue weighted by molar-refractivity contribution is 8.18. The van der Waals surface area contributed by atoms with Crippen LogP contribution < -0.4 is 14.2 Å². The summed E-state index contributed by atoms with van der Waals surface area (Å²) in [4.78, 5) is 26.9. The summed E-state index contributed by atoms with van der Waals surface area (Å²) in [7, 11) is 0. The van der Waals surface area contributed by atoms with Gasteiger partial charge in [0.05, 0.1) is 18.1 Å². The molecule has 1 aliphatic heterocycles. The first-order chi connectivity index (χ1) is 17.0. The third-order valence-corrected chi connectivity index (χ3v) is 6.16. The third kappa shape index (κ3) is 6.45. The summed E-state index contributed by atoms with van der Waals surface area (Å²) in [5, 5.41) is -0.304. The smallest absolute Gasteiger partial charge is 0.293 e. The molecule has 1 fully saturated rings. The average molecular weight is 490 g/mol. The normalized spacial score (nSPS) is 14.5. The predicted octanol–water partition coefficient (Wildman–Crippen LogP) is 6.09. The number of amides is 2. The Balaban J connectivity index is 1.41. The Morgan fingerprint density at radius 1 is 0.886 bits per heavy atom. The largest absolute Gasteiger partial charge is 0.492 e. The van der Waals surface area contributed by atoms with Crippen LogP contribution in [0.3, 0.4) is 0 Å². The van der Waals surface area contributed by atoms with E-state index in [0.29, 0.717) is 35.4 Å². The summed E-state index contributed by atoms with van der Waals surface area (Å²) in [6.45, 7) is 5.19. The second-order valence-corrected chi connectivity index (χ2v) is 8.90. The monoisotopic (exact) mass is 489 g/mol. The van der Waals surface area contributed by atoms with Crippen molar-refractivity contribution in [2.45, 2.75) is 20.5 Å². The zero-order valence-corrected chi connectivity index (χ0v) is 20.5. The number of hydrogen-bond donors (Lipinski definition) is 0. The molecule has 4 rings (SSSR count). The van der Waals surface area contributed by atoms with Gasteiger partial charge in [-0.3, -0.25) is 14.5 Å². The Kier molecular flexibility index (Phi) is 8.11. The number of rotatable bonds is 10. The van der Waals surface area contributed by atoms with Crippen LogP contribution in [0.4, 0.5) is 4.79 Å². The minimum Gasteiger partial charge on any atom is -0.492 e. The van der Waals surface area contributed by atoms with Gasteiger partial charge in [-0.1, -0.05) is 48.5 Å². The summed E-state index contributed by atoms with van der Waals surface area (Å²) in [5.41, 5.74) is 2.89. The van der Waals surface area contributed by atoms with Crippen LogP contribution in [-0.2, 0) is 11.4 Å². The molecular formula is C28H27NO5S. The van der Waals surface area contributed by atoms with Gasteiger partial charge in [-0.2, -0.15) is 0 Å². The predicted molar refractivity (Wildman–Crippen MR) is 138 cm³/mol. The Morgan fingerprint density at radius 2 is 1.71 bits per heavy atom. The summed E-state index contributed by atoms with van der Waals surface area (Å²) >= 11 is 0.927. The lowest BCUT2D eigenvalue weighted by Gasteiger charge is -2.14. The Morgan fingerprint density at radius 3 is 2.49 bits per heavy atom. The summed E-state index contributed by atoms with van der Waals surface area (Å²) in [5.74, 6) is 1.60. The molecule has 6 nitrogen and oxygen atoms in total. The van der Waals surface area contributed by atoms with Crippen LogP contribution in [0.15, 0.2) is 77.7 Å². The number of ether oxygens (including phenoxy) is 3. The molecule has 2 amide bonds. The van der Waals surface area contributed by atoms with E-state index in [1.54, 1.807) is 6.08 Å². The SMILES string of the molecule is CCOc1cc(/C=C2\SC(=O)N(CCOc3cccc(C)c3)C2=O)ccc1OCc1ccccc1. The van der Waals surface area contributed by atoms with Crippen LogP contribution in [0.2, 0.25) is 0 Å². The molecule has 1 heterocycles. The Bertz CT molecular complexity index is 1230. The van der Waals surface area contributed by atoms with Crippen molar-refractivity contribution in [2.24, 2.45) is 0 Å². The van der Waals surface area contributed by atoms with Gasteiger partial charge in [0.25, 0.3) is 11.1 Å². The van der Waals surface area contributed by atoms with E-state index in [2.05, 4.69) is 0 Å². The van der Waals surface area contributed by atoms with Crippen LogP contribution in [0, 0.1) is 6.92 Å². The minimum absolute atomic E-state index is 0.187. The number of nitrogens with zero attached hydrogens (tertiary/aromatic N) is 1. The average Bonchev–Trinajstić information content (AvgIpc) is 3.12. The zero-order valence-electron chi connectivity index (χ0n) is 19.7. The number of carbonyl (C=O) groups excluding carboxylic acids is 2. The fourth-order valence-electron chi connectivity index (χ4n) is 3.54. The van der Waals surface area contributed by atoms with Gasteiger partial charge in [0.1, 0.15) is 19.0 Å². The quantitative estimate of drug-likeness (QED) is 0.321. The molecule has 0 spiro atoms. The van der Waals surface area contributed by atoms with Gasteiger partial charge in [-0.05, 0) is 72.6 Å². The van der Waals surface area contributed by atoms with E-state index in [9.17, 15) is 9.59 Å². The highest BCUT2D eigenvalue weighted by Crippen LogP contribution is 2.35. The van der Waals surface area contributed by atoms with Crippen molar-refractivity contribution < 1.29 is 23.8 Å². The summed E-state index contributed by atoms with van der Waals surface area (Å²) < 4.78 is 17.4. The Hall–Kier alpha value is -3.71. The maximum absolute atomic E-state index is 12.9. The molecule has 7 heteroatoms. The first-order valence-corrected chi connectivity index (χ1v) is 12.2. The standard InChI is InChI=1S/C28H27NO5S/c1-3-32-25-17-22(12-13-24(25)34-19-21-9-5-4-6-10-21)18-26-27(30)29(28(31)35-26)14-15-33-23-11-7-8-20(2)16-23/h4-13,16-18H,3,14-15,19H2,1-2H3/b26-18-.